The molecule has 0 aliphatic rings. The molecule has 0 saturated heterocycles. The highest BCUT2D eigenvalue weighted by Gasteiger charge is 2.07. The van der Waals surface area contributed by atoms with Gasteiger partial charge in [0.15, 0.2) is 0 Å². The predicted octanol–water partition coefficient (Wildman–Crippen LogP) is 2.01. The lowest BCUT2D eigenvalue weighted by molar-refractivity contribution is -0.113. The normalized spacial score (nSPS) is 9.69. The Labute approximate surface area is 99.3 Å². The van der Waals surface area contributed by atoms with Gasteiger partial charge in [-0.1, -0.05) is 0 Å². The van der Waals surface area contributed by atoms with Gasteiger partial charge < -0.3 is 14.8 Å². The van der Waals surface area contributed by atoms with Crippen molar-refractivity contribution < 1.29 is 14.3 Å². The first-order chi connectivity index (χ1) is 7.71. The molecule has 1 aromatic rings. The third kappa shape index (κ3) is 3.34. The molecule has 0 bridgehead atoms. The molecular formula is C11H15NO3S. The number of hydrogen-bond acceptors (Lipinski definition) is 4. The maximum Gasteiger partial charge on any atom is 0.234 e. The van der Waals surface area contributed by atoms with Crippen LogP contribution in [0.5, 0.6) is 11.5 Å². The Kier molecular flexibility index (Phi) is 4.98. The molecule has 0 aromatic heterocycles. The zero-order valence-corrected chi connectivity index (χ0v) is 10.4. The molecule has 1 amide bonds. The van der Waals surface area contributed by atoms with Crippen LogP contribution in [0.4, 0.5) is 5.69 Å². The van der Waals surface area contributed by atoms with Crippen molar-refractivity contribution in [2.24, 2.45) is 0 Å². The molecule has 0 unspecified atom stereocenters. The average Bonchev–Trinajstić information content (AvgIpc) is 2.30. The number of hydrogen-bond donors (Lipinski definition) is 1. The number of thioether (sulfide) groups is 1. The summed E-state index contributed by atoms with van der Waals surface area (Å²) in [6.07, 6.45) is 1.88. The van der Waals surface area contributed by atoms with Gasteiger partial charge >= 0.3 is 0 Å². The highest BCUT2D eigenvalue weighted by Crippen LogP contribution is 2.28. The third-order valence-electron chi connectivity index (χ3n) is 1.96. The van der Waals surface area contributed by atoms with Gasteiger partial charge in [0.05, 0.1) is 25.7 Å². The van der Waals surface area contributed by atoms with E-state index in [4.69, 9.17) is 9.47 Å². The first-order valence-electron chi connectivity index (χ1n) is 4.72. The minimum absolute atomic E-state index is 0.0454. The van der Waals surface area contributed by atoms with Crippen molar-refractivity contribution in [1.29, 1.82) is 0 Å². The fraction of sp³-hybridized carbons (Fsp3) is 0.364. The lowest BCUT2D eigenvalue weighted by atomic mass is 10.2. The minimum Gasteiger partial charge on any atom is -0.497 e. The van der Waals surface area contributed by atoms with Crippen molar-refractivity contribution in [2.75, 3.05) is 31.5 Å². The fourth-order valence-corrected chi connectivity index (χ4v) is 1.55. The molecular weight excluding hydrogens is 226 g/mol. The highest BCUT2D eigenvalue weighted by molar-refractivity contribution is 7.99. The summed E-state index contributed by atoms with van der Waals surface area (Å²) in [5.41, 5.74) is 0.655. The van der Waals surface area contributed by atoms with E-state index in [1.807, 2.05) is 6.26 Å². The quantitative estimate of drug-likeness (QED) is 0.856. The monoisotopic (exact) mass is 241 g/mol. The van der Waals surface area contributed by atoms with Crippen molar-refractivity contribution in [3.05, 3.63) is 18.2 Å². The van der Waals surface area contributed by atoms with E-state index >= 15 is 0 Å². The van der Waals surface area contributed by atoms with Crippen LogP contribution in [-0.4, -0.2) is 32.1 Å². The molecule has 0 heterocycles. The summed E-state index contributed by atoms with van der Waals surface area (Å²) < 4.78 is 10.2. The summed E-state index contributed by atoms with van der Waals surface area (Å²) in [7, 11) is 3.14. The molecule has 0 radical (unpaired) electrons. The number of rotatable bonds is 5. The van der Waals surface area contributed by atoms with E-state index in [0.29, 0.717) is 22.9 Å². The second kappa shape index (κ2) is 6.27. The highest BCUT2D eigenvalue weighted by atomic mass is 32.2. The molecule has 1 rings (SSSR count). The number of benzene rings is 1. The largest absolute Gasteiger partial charge is 0.497 e. The van der Waals surface area contributed by atoms with Gasteiger partial charge in [-0.25, -0.2) is 0 Å². The zero-order valence-electron chi connectivity index (χ0n) is 9.57. The molecule has 88 valence electrons. The second-order valence-electron chi connectivity index (χ2n) is 3.05. The van der Waals surface area contributed by atoms with Gasteiger partial charge in [0.2, 0.25) is 5.91 Å². The Hall–Kier alpha value is -1.36. The maximum absolute atomic E-state index is 11.4. The van der Waals surface area contributed by atoms with Gasteiger partial charge in [-0.15, -0.1) is 0 Å². The van der Waals surface area contributed by atoms with E-state index in [2.05, 4.69) is 5.32 Å². The van der Waals surface area contributed by atoms with Gasteiger partial charge in [-0.05, 0) is 18.4 Å². The number of carbonyl (C=O) groups excluding carboxylic acids is 1. The SMILES string of the molecule is COc1ccc(NC(=O)CSC)c(OC)c1. The molecule has 16 heavy (non-hydrogen) atoms. The Morgan fingerprint density at radius 2 is 2.12 bits per heavy atom. The van der Waals surface area contributed by atoms with Crippen LogP contribution in [0.1, 0.15) is 0 Å². The second-order valence-corrected chi connectivity index (χ2v) is 3.91. The van der Waals surface area contributed by atoms with E-state index in [0.717, 1.165) is 0 Å². The van der Waals surface area contributed by atoms with E-state index < -0.39 is 0 Å². The number of nitrogens with one attached hydrogen (secondary N) is 1. The molecule has 0 spiro atoms. The van der Waals surface area contributed by atoms with E-state index in [1.54, 1.807) is 32.4 Å². The first-order valence-corrected chi connectivity index (χ1v) is 6.11. The number of methoxy groups -OCH3 is 2. The number of amides is 1. The Bertz CT molecular complexity index is 368. The van der Waals surface area contributed by atoms with Gasteiger partial charge in [0.25, 0.3) is 0 Å². The van der Waals surface area contributed by atoms with Gasteiger partial charge in [0.1, 0.15) is 11.5 Å². The molecule has 0 aliphatic carbocycles. The topological polar surface area (TPSA) is 47.6 Å². The van der Waals surface area contributed by atoms with Crippen molar-refractivity contribution in [3.8, 4) is 11.5 Å². The average molecular weight is 241 g/mol. The van der Waals surface area contributed by atoms with Crippen LogP contribution in [0.3, 0.4) is 0 Å². The summed E-state index contributed by atoms with van der Waals surface area (Å²) in [4.78, 5) is 11.4. The van der Waals surface area contributed by atoms with Crippen LogP contribution in [0, 0.1) is 0 Å². The number of ether oxygens (including phenoxy) is 2. The van der Waals surface area contributed by atoms with Crippen LogP contribution in [-0.2, 0) is 4.79 Å². The van der Waals surface area contributed by atoms with E-state index in [-0.39, 0.29) is 5.91 Å². The maximum atomic E-state index is 11.4. The molecule has 0 fully saturated rings. The molecule has 0 atom stereocenters. The third-order valence-corrected chi connectivity index (χ3v) is 2.51. The minimum atomic E-state index is -0.0454. The lowest BCUT2D eigenvalue weighted by Crippen LogP contribution is -2.14. The van der Waals surface area contributed by atoms with Crippen molar-refractivity contribution in [2.45, 2.75) is 0 Å². The van der Waals surface area contributed by atoms with Crippen LogP contribution < -0.4 is 14.8 Å². The van der Waals surface area contributed by atoms with Crippen LogP contribution in [0.15, 0.2) is 18.2 Å². The first kappa shape index (κ1) is 12.7. The predicted molar refractivity (Wildman–Crippen MR) is 66.6 cm³/mol. The Balaban J connectivity index is 2.83. The molecule has 0 aliphatic heterocycles. The molecule has 4 nitrogen and oxygen atoms in total. The van der Waals surface area contributed by atoms with Crippen LogP contribution in [0.25, 0.3) is 0 Å². The van der Waals surface area contributed by atoms with Gasteiger partial charge in [0, 0.05) is 6.07 Å². The smallest absolute Gasteiger partial charge is 0.234 e. The van der Waals surface area contributed by atoms with Crippen molar-refractivity contribution in [1.82, 2.24) is 0 Å². The van der Waals surface area contributed by atoms with E-state index in [1.165, 1.54) is 11.8 Å². The lowest BCUT2D eigenvalue weighted by Gasteiger charge is -2.11. The number of anilines is 1. The van der Waals surface area contributed by atoms with Crippen molar-refractivity contribution in [3.63, 3.8) is 0 Å². The standard InChI is InChI=1S/C11H15NO3S/c1-14-8-4-5-9(10(6-8)15-2)12-11(13)7-16-3/h4-6H,7H2,1-3H3,(H,12,13). The van der Waals surface area contributed by atoms with Crippen molar-refractivity contribution >= 4 is 23.4 Å². The molecule has 1 N–H and O–H groups in total. The molecule has 5 heteroatoms. The summed E-state index contributed by atoms with van der Waals surface area (Å²) in [5, 5.41) is 2.77. The summed E-state index contributed by atoms with van der Waals surface area (Å²) in [6.45, 7) is 0. The van der Waals surface area contributed by atoms with E-state index in [9.17, 15) is 4.79 Å². The summed E-state index contributed by atoms with van der Waals surface area (Å²) in [5.74, 6) is 1.67. The van der Waals surface area contributed by atoms with Gasteiger partial charge in [-0.3, -0.25) is 4.79 Å². The Morgan fingerprint density at radius 1 is 1.38 bits per heavy atom. The Morgan fingerprint density at radius 3 is 2.69 bits per heavy atom. The molecule has 0 saturated carbocycles. The summed E-state index contributed by atoms with van der Waals surface area (Å²) in [6, 6.07) is 5.27. The van der Waals surface area contributed by atoms with Crippen LogP contribution >= 0.6 is 11.8 Å². The van der Waals surface area contributed by atoms with Gasteiger partial charge in [-0.2, -0.15) is 11.8 Å². The van der Waals surface area contributed by atoms with Crippen LogP contribution in [0.2, 0.25) is 0 Å². The zero-order chi connectivity index (χ0) is 12.0. The molecule has 1 aromatic carbocycles. The fourth-order valence-electron chi connectivity index (χ4n) is 1.22. The summed E-state index contributed by atoms with van der Waals surface area (Å²) >= 11 is 1.47. The number of carbonyl (C=O) groups is 1.